The molecule has 2 amide bonds. The molecule has 3 aliphatic rings. The van der Waals surface area contributed by atoms with E-state index in [-0.39, 0.29) is 12.3 Å². The number of nitrogens with one attached hydrogen (secondary N) is 1. The molecule has 188 valence electrons. The highest BCUT2D eigenvalue weighted by molar-refractivity contribution is 5.88. The second kappa shape index (κ2) is 9.69. The number of benzene rings is 2. The molecule has 1 spiro atoms. The number of hydroxylamine groups is 1. The van der Waals surface area contributed by atoms with Crippen molar-refractivity contribution in [3.63, 3.8) is 0 Å². The first-order valence-corrected chi connectivity index (χ1v) is 12.7. The van der Waals surface area contributed by atoms with Crippen molar-refractivity contribution in [1.82, 2.24) is 15.4 Å². The lowest BCUT2D eigenvalue weighted by molar-refractivity contribution is -0.226. The van der Waals surface area contributed by atoms with Crippen LogP contribution < -0.4 is 10.2 Å². The fourth-order valence-corrected chi connectivity index (χ4v) is 5.25. The Morgan fingerprint density at radius 3 is 2.86 bits per heavy atom. The SMILES string of the molecule is Cc1c(-c2ccc3c(c2)COC2(CCN(C(=O)NOC4CCCCO4)CC2)O3)cnc2ccccc12. The van der Waals surface area contributed by atoms with Crippen molar-refractivity contribution >= 4 is 16.9 Å². The maximum atomic E-state index is 12.5. The molecule has 0 bridgehead atoms. The molecule has 1 aromatic heterocycles. The van der Waals surface area contributed by atoms with E-state index in [0.717, 1.165) is 52.6 Å². The molecular formula is C28H31N3O5. The molecule has 0 saturated carbocycles. The number of aryl methyl sites for hydroxylation is 1. The quantitative estimate of drug-likeness (QED) is 0.517. The Labute approximate surface area is 210 Å². The van der Waals surface area contributed by atoms with Crippen molar-refractivity contribution in [2.45, 2.75) is 57.7 Å². The highest BCUT2D eigenvalue weighted by Crippen LogP contribution is 2.40. The average Bonchev–Trinajstić information content (AvgIpc) is 2.93. The standard InChI is InChI=1S/C28H31N3O5/c1-19-22-6-2-3-7-24(22)29-17-23(19)20-9-10-25-21(16-20)18-34-28(35-25)11-13-31(14-12-28)27(32)30-36-26-8-4-5-15-33-26/h2-3,6-7,9-10,16-17,26H,4-5,8,11-15,18H2,1H3,(H,30,32). The van der Waals surface area contributed by atoms with Crippen LogP contribution in [-0.4, -0.2) is 47.7 Å². The number of para-hydroxylation sites is 1. The number of likely N-dealkylation sites (tertiary alicyclic amines) is 1. The van der Waals surface area contributed by atoms with Crippen molar-refractivity contribution < 1.29 is 23.8 Å². The third-order valence-corrected chi connectivity index (χ3v) is 7.43. The van der Waals surface area contributed by atoms with Gasteiger partial charge in [-0.1, -0.05) is 24.3 Å². The molecule has 8 nitrogen and oxygen atoms in total. The molecular weight excluding hydrogens is 458 g/mol. The van der Waals surface area contributed by atoms with Gasteiger partial charge in [-0.25, -0.2) is 15.1 Å². The van der Waals surface area contributed by atoms with Crippen LogP contribution in [0.15, 0.2) is 48.7 Å². The minimum absolute atomic E-state index is 0.251. The number of hydrogen-bond donors (Lipinski definition) is 1. The first-order chi connectivity index (χ1) is 17.6. The lowest BCUT2D eigenvalue weighted by Gasteiger charge is -2.43. The van der Waals surface area contributed by atoms with Gasteiger partial charge in [0.15, 0.2) is 6.29 Å². The molecule has 0 aliphatic carbocycles. The van der Waals surface area contributed by atoms with Crippen LogP contribution in [-0.2, 0) is 20.9 Å². The second-order valence-electron chi connectivity index (χ2n) is 9.75. The predicted molar refractivity (Wildman–Crippen MR) is 134 cm³/mol. The van der Waals surface area contributed by atoms with Crippen LogP contribution >= 0.6 is 0 Å². The lowest BCUT2D eigenvalue weighted by atomic mass is 9.96. The Morgan fingerprint density at radius 2 is 2.03 bits per heavy atom. The normalized spacial score (nSPS) is 21.1. The van der Waals surface area contributed by atoms with Gasteiger partial charge in [0.05, 0.1) is 12.1 Å². The van der Waals surface area contributed by atoms with E-state index in [1.165, 1.54) is 5.56 Å². The van der Waals surface area contributed by atoms with Crippen molar-refractivity contribution in [3.05, 3.63) is 59.8 Å². The zero-order valence-corrected chi connectivity index (χ0v) is 20.5. The summed E-state index contributed by atoms with van der Waals surface area (Å²) in [4.78, 5) is 24.3. The van der Waals surface area contributed by atoms with Gasteiger partial charge >= 0.3 is 6.03 Å². The summed E-state index contributed by atoms with van der Waals surface area (Å²) in [5.41, 5.74) is 7.98. The number of fused-ring (bicyclic) bond motifs is 2. The van der Waals surface area contributed by atoms with Crippen LogP contribution in [0.5, 0.6) is 5.75 Å². The summed E-state index contributed by atoms with van der Waals surface area (Å²) in [6, 6.07) is 14.2. The van der Waals surface area contributed by atoms with E-state index in [1.807, 2.05) is 30.5 Å². The Bertz CT molecular complexity index is 1270. The van der Waals surface area contributed by atoms with Gasteiger partial charge in [-0.15, -0.1) is 0 Å². The number of amides is 2. The number of ether oxygens (including phenoxy) is 3. The fraction of sp³-hybridized carbons (Fsp3) is 0.429. The topological polar surface area (TPSA) is 82.2 Å². The number of nitrogens with zero attached hydrogens (tertiary/aromatic N) is 2. The summed E-state index contributed by atoms with van der Waals surface area (Å²) in [5, 5.41) is 1.16. The van der Waals surface area contributed by atoms with Crippen molar-refractivity contribution in [2.75, 3.05) is 19.7 Å². The summed E-state index contributed by atoms with van der Waals surface area (Å²) >= 11 is 0. The van der Waals surface area contributed by atoms with E-state index in [1.54, 1.807) is 4.90 Å². The molecule has 36 heavy (non-hydrogen) atoms. The van der Waals surface area contributed by atoms with E-state index < -0.39 is 5.79 Å². The van der Waals surface area contributed by atoms with Gasteiger partial charge in [0.25, 0.3) is 0 Å². The highest BCUT2D eigenvalue weighted by atomic mass is 16.8. The summed E-state index contributed by atoms with van der Waals surface area (Å²) in [6.07, 6.45) is 5.64. The van der Waals surface area contributed by atoms with Crippen LogP contribution in [0.4, 0.5) is 4.79 Å². The molecule has 2 saturated heterocycles. The van der Waals surface area contributed by atoms with Crippen LogP contribution in [0, 0.1) is 6.92 Å². The van der Waals surface area contributed by atoms with E-state index in [0.29, 0.717) is 39.1 Å². The van der Waals surface area contributed by atoms with Gasteiger partial charge in [0, 0.05) is 61.7 Å². The third-order valence-electron chi connectivity index (χ3n) is 7.43. The number of carbonyl (C=O) groups excluding carboxylic acids is 1. The zero-order valence-electron chi connectivity index (χ0n) is 20.5. The first kappa shape index (κ1) is 23.2. The molecule has 3 aromatic rings. The van der Waals surface area contributed by atoms with Crippen molar-refractivity contribution in [1.29, 1.82) is 0 Å². The van der Waals surface area contributed by atoms with Crippen molar-refractivity contribution in [2.24, 2.45) is 0 Å². The number of urea groups is 1. The molecule has 8 heteroatoms. The molecule has 0 radical (unpaired) electrons. The molecule has 4 heterocycles. The molecule has 1 N–H and O–H groups in total. The second-order valence-corrected chi connectivity index (χ2v) is 9.75. The monoisotopic (exact) mass is 489 g/mol. The van der Waals surface area contributed by atoms with E-state index in [4.69, 9.17) is 19.0 Å². The minimum atomic E-state index is -0.709. The largest absolute Gasteiger partial charge is 0.462 e. The lowest BCUT2D eigenvalue weighted by Crippen LogP contribution is -2.54. The number of hydrogen-bond acceptors (Lipinski definition) is 6. The number of piperidine rings is 1. The molecule has 2 aromatic carbocycles. The third kappa shape index (κ3) is 4.52. The molecule has 2 fully saturated rings. The maximum absolute atomic E-state index is 12.5. The number of pyridine rings is 1. The Balaban J connectivity index is 1.10. The Kier molecular flexibility index (Phi) is 6.25. The molecule has 3 aliphatic heterocycles. The van der Waals surface area contributed by atoms with E-state index in [9.17, 15) is 4.79 Å². The van der Waals surface area contributed by atoms with Gasteiger partial charge in [-0.2, -0.15) is 0 Å². The summed E-state index contributed by atoms with van der Waals surface area (Å²) in [5.74, 6) is 0.131. The van der Waals surface area contributed by atoms with Crippen LogP contribution in [0.25, 0.3) is 22.0 Å². The average molecular weight is 490 g/mol. The number of carbonyl (C=O) groups is 1. The van der Waals surface area contributed by atoms with Gasteiger partial charge in [0.2, 0.25) is 5.79 Å². The van der Waals surface area contributed by atoms with E-state index in [2.05, 4.69) is 35.6 Å². The van der Waals surface area contributed by atoms with Crippen LogP contribution in [0.1, 0.15) is 43.2 Å². The first-order valence-electron chi connectivity index (χ1n) is 12.7. The Hall–Kier alpha value is -3.20. The Morgan fingerprint density at radius 1 is 1.17 bits per heavy atom. The maximum Gasteiger partial charge on any atom is 0.341 e. The minimum Gasteiger partial charge on any atom is -0.462 e. The number of rotatable bonds is 3. The van der Waals surface area contributed by atoms with Gasteiger partial charge < -0.3 is 19.1 Å². The highest BCUT2D eigenvalue weighted by Gasteiger charge is 2.42. The summed E-state index contributed by atoms with van der Waals surface area (Å²) in [7, 11) is 0. The summed E-state index contributed by atoms with van der Waals surface area (Å²) in [6.45, 7) is 4.32. The van der Waals surface area contributed by atoms with Crippen molar-refractivity contribution in [3.8, 4) is 16.9 Å². The summed E-state index contributed by atoms with van der Waals surface area (Å²) < 4.78 is 18.1. The smallest absolute Gasteiger partial charge is 0.341 e. The molecule has 1 atom stereocenters. The van der Waals surface area contributed by atoms with Gasteiger partial charge in [-0.3, -0.25) is 4.98 Å². The van der Waals surface area contributed by atoms with Gasteiger partial charge in [0.1, 0.15) is 5.75 Å². The molecule has 6 rings (SSSR count). The van der Waals surface area contributed by atoms with Gasteiger partial charge in [-0.05, 0) is 49.1 Å². The zero-order chi connectivity index (χ0) is 24.5. The fourth-order valence-electron chi connectivity index (χ4n) is 5.25. The van der Waals surface area contributed by atoms with Crippen LogP contribution in [0.3, 0.4) is 0 Å². The number of aromatic nitrogens is 1. The predicted octanol–water partition coefficient (Wildman–Crippen LogP) is 5.08. The molecule has 1 unspecified atom stereocenters. The van der Waals surface area contributed by atoms with E-state index >= 15 is 0 Å². The van der Waals surface area contributed by atoms with Crippen LogP contribution in [0.2, 0.25) is 0 Å².